The maximum Gasteiger partial charge on any atom is 2.00 e. The predicted molar refractivity (Wildman–Crippen MR) is 38.0 cm³/mol. The van der Waals surface area contributed by atoms with Gasteiger partial charge in [-0.05, 0) is 6.42 Å². The molecule has 0 saturated carbocycles. The molecule has 0 unspecified atom stereocenters. The molecule has 0 radical (unpaired) electrons. The second-order valence-corrected chi connectivity index (χ2v) is 2.23. The van der Waals surface area contributed by atoms with Crippen molar-refractivity contribution in [2.45, 2.75) is 6.42 Å². The first-order chi connectivity index (χ1) is 4.47. The van der Waals surface area contributed by atoms with Gasteiger partial charge in [0.05, 0.1) is 0 Å². The van der Waals surface area contributed by atoms with Crippen LogP contribution in [0.15, 0.2) is 24.3 Å². The summed E-state index contributed by atoms with van der Waals surface area (Å²) in [6.45, 7) is 0. The topological polar surface area (TPSA) is 0 Å². The SMILES string of the molecule is [Zr+2].[c-]1ccc2c(c1)C=CC2. The molecule has 1 aromatic rings. The summed E-state index contributed by atoms with van der Waals surface area (Å²) in [5.74, 6) is 0. The molecule has 46 valence electrons. The fraction of sp³-hybridized carbons (Fsp3) is 0.111. The Morgan fingerprint density at radius 2 is 2.30 bits per heavy atom. The normalized spacial score (nSPS) is 12.4. The van der Waals surface area contributed by atoms with E-state index in [2.05, 4.69) is 24.3 Å². The van der Waals surface area contributed by atoms with Gasteiger partial charge in [0.1, 0.15) is 0 Å². The van der Waals surface area contributed by atoms with E-state index in [0.29, 0.717) is 0 Å². The van der Waals surface area contributed by atoms with E-state index in [0.717, 1.165) is 6.42 Å². The van der Waals surface area contributed by atoms with Gasteiger partial charge in [0.25, 0.3) is 0 Å². The van der Waals surface area contributed by atoms with Gasteiger partial charge in [0.15, 0.2) is 0 Å². The molecule has 2 rings (SSSR count). The first-order valence-electron chi connectivity index (χ1n) is 3.12. The van der Waals surface area contributed by atoms with Gasteiger partial charge in [-0.15, -0.1) is 17.2 Å². The van der Waals surface area contributed by atoms with Crippen LogP contribution < -0.4 is 0 Å². The third-order valence-electron chi connectivity index (χ3n) is 1.63. The maximum absolute atomic E-state index is 3.04. The van der Waals surface area contributed by atoms with Crippen molar-refractivity contribution in [2.75, 3.05) is 0 Å². The molecule has 0 nitrogen and oxygen atoms in total. The summed E-state index contributed by atoms with van der Waals surface area (Å²) in [5.41, 5.74) is 2.76. The minimum absolute atomic E-state index is 0. The van der Waals surface area contributed by atoms with Gasteiger partial charge >= 0.3 is 26.2 Å². The Kier molecular flexibility index (Phi) is 2.62. The summed E-state index contributed by atoms with van der Waals surface area (Å²) < 4.78 is 0. The summed E-state index contributed by atoms with van der Waals surface area (Å²) in [7, 11) is 0. The standard InChI is InChI=1S/C9H7.Zr/c1-2-5-9-7-3-6-8(9)4-1;/h1,3-5,7H,6H2;/q-1;+2. The Labute approximate surface area is 80.1 Å². The van der Waals surface area contributed by atoms with Crippen molar-refractivity contribution in [2.24, 2.45) is 0 Å². The number of hydrogen-bond donors (Lipinski definition) is 0. The smallest absolute Gasteiger partial charge is 0.183 e. The van der Waals surface area contributed by atoms with E-state index < -0.39 is 0 Å². The molecule has 1 heteroatoms. The molecule has 0 saturated heterocycles. The zero-order valence-electron chi connectivity index (χ0n) is 5.59. The van der Waals surface area contributed by atoms with Gasteiger partial charge in [0, 0.05) is 0 Å². The van der Waals surface area contributed by atoms with E-state index in [9.17, 15) is 0 Å². The van der Waals surface area contributed by atoms with E-state index in [1.165, 1.54) is 11.1 Å². The third kappa shape index (κ3) is 1.29. The molecule has 1 aliphatic carbocycles. The average Bonchev–Trinajstić information content (AvgIpc) is 2.33. The van der Waals surface area contributed by atoms with Crippen LogP contribution in [-0.4, -0.2) is 0 Å². The van der Waals surface area contributed by atoms with Crippen LogP contribution in [0.4, 0.5) is 0 Å². The molecule has 1 aliphatic rings. The van der Waals surface area contributed by atoms with Gasteiger partial charge in [-0.2, -0.15) is 24.3 Å². The van der Waals surface area contributed by atoms with Crippen LogP contribution in [0, 0.1) is 6.07 Å². The molecular weight excluding hydrogens is 199 g/mol. The second-order valence-electron chi connectivity index (χ2n) is 2.23. The van der Waals surface area contributed by atoms with Crippen molar-refractivity contribution in [1.29, 1.82) is 0 Å². The Morgan fingerprint density at radius 3 is 3.10 bits per heavy atom. The van der Waals surface area contributed by atoms with Crippen molar-refractivity contribution in [3.63, 3.8) is 0 Å². The van der Waals surface area contributed by atoms with E-state index in [1.807, 2.05) is 12.1 Å². The molecule has 0 aliphatic heterocycles. The first-order valence-corrected chi connectivity index (χ1v) is 3.12. The number of hydrogen-bond acceptors (Lipinski definition) is 0. The largest absolute Gasteiger partial charge is 2.00 e. The number of fused-ring (bicyclic) bond motifs is 1. The maximum atomic E-state index is 3.04. The zero-order chi connectivity index (χ0) is 6.10. The van der Waals surface area contributed by atoms with Crippen LogP contribution >= 0.6 is 0 Å². The van der Waals surface area contributed by atoms with Crippen molar-refractivity contribution in [1.82, 2.24) is 0 Å². The first kappa shape index (κ1) is 7.94. The Morgan fingerprint density at radius 1 is 1.40 bits per heavy atom. The van der Waals surface area contributed by atoms with Crippen molar-refractivity contribution >= 4 is 6.08 Å². The van der Waals surface area contributed by atoms with Crippen LogP contribution in [0.1, 0.15) is 11.1 Å². The van der Waals surface area contributed by atoms with Gasteiger partial charge in [0.2, 0.25) is 0 Å². The molecule has 0 atom stereocenters. The molecule has 0 heterocycles. The molecule has 10 heavy (non-hydrogen) atoms. The summed E-state index contributed by atoms with van der Waals surface area (Å²) >= 11 is 0. The van der Waals surface area contributed by atoms with Crippen molar-refractivity contribution in [3.05, 3.63) is 41.5 Å². The minimum Gasteiger partial charge on any atom is -0.183 e. The number of rotatable bonds is 0. The van der Waals surface area contributed by atoms with Gasteiger partial charge in [-0.1, -0.05) is 6.08 Å². The predicted octanol–water partition coefficient (Wildman–Crippen LogP) is 2.05. The molecule has 0 amide bonds. The summed E-state index contributed by atoms with van der Waals surface area (Å²) in [6.07, 6.45) is 5.42. The van der Waals surface area contributed by atoms with E-state index >= 15 is 0 Å². The molecule has 1 aromatic carbocycles. The molecule has 0 spiro atoms. The molecular formula is C9H7Zr+. The Bertz CT molecular complexity index is 251. The zero-order valence-corrected chi connectivity index (χ0v) is 8.05. The fourth-order valence-electron chi connectivity index (χ4n) is 1.13. The second kappa shape index (κ2) is 3.30. The molecule has 0 bridgehead atoms. The van der Waals surface area contributed by atoms with Crippen LogP contribution in [0.25, 0.3) is 6.08 Å². The fourth-order valence-corrected chi connectivity index (χ4v) is 1.13. The summed E-state index contributed by atoms with van der Waals surface area (Å²) in [5, 5.41) is 0. The van der Waals surface area contributed by atoms with Gasteiger partial charge in [-0.25, -0.2) is 0 Å². The molecule has 0 N–H and O–H groups in total. The molecule has 0 fully saturated rings. The Balaban J connectivity index is 0.000000500. The monoisotopic (exact) mass is 205 g/mol. The summed E-state index contributed by atoms with van der Waals surface area (Å²) in [6, 6.07) is 9.15. The van der Waals surface area contributed by atoms with Crippen molar-refractivity contribution in [3.8, 4) is 0 Å². The molecule has 0 aromatic heterocycles. The van der Waals surface area contributed by atoms with Crippen LogP contribution in [0.3, 0.4) is 0 Å². The average molecular weight is 206 g/mol. The van der Waals surface area contributed by atoms with Crippen LogP contribution in [0.5, 0.6) is 0 Å². The van der Waals surface area contributed by atoms with E-state index in [1.54, 1.807) is 0 Å². The van der Waals surface area contributed by atoms with E-state index in [4.69, 9.17) is 0 Å². The number of allylic oxidation sites excluding steroid dienone is 1. The summed E-state index contributed by atoms with van der Waals surface area (Å²) in [4.78, 5) is 0. The quantitative estimate of drug-likeness (QED) is 0.570. The van der Waals surface area contributed by atoms with Gasteiger partial charge < -0.3 is 0 Å². The minimum atomic E-state index is 0. The van der Waals surface area contributed by atoms with E-state index in [-0.39, 0.29) is 26.2 Å². The van der Waals surface area contributed by atoms with Crippen LogP contribution in [-0.2, 0) is 32.6 Å². The number of benzene rings is 1. The van der Waals surface area contributed by atoms with Gasteiger partial charge in [-0.3, -0.25) is 0 Å². The van der Waals surface area contributed by atoms with Crippen molar-refractivity contribution < 1.29 is 26.2 Å². The Hall–Kier alpha value is -0.157. The third-order valence-corrected chi connectivity index (χ3v) is 1.63. The van der Waals surface area contributed by atoms with Crippen LogP contribution in [0.2, 0.25) is 0 Å².